The minimum Gasteiger partial charge on any atom is -0.481 e. The second-order valence-electron chi connectivity index (χ2n) is 7.52. The molecule has 33 heavy (non-hydrogen) atoms. The van der Waals surface area contributed by atoms with Gasteiger partial charge in [-0.2, -0.15) is 13.2 Å². The van der Waals surface area contributed by atoms with Crippen LogP contribution in [-0.4, -0.2) is 17.6 Å². The molecule has 3 aromatic carbocycles. The summed E-state index contributed by atoms with van der Waals surface area (Å²) in [5.41, 5.74) is 0.594. The molecule has 4 aromatic rings. The van der Waals surface area contributed by atoms with E-state index in [1.807, 2.05) is 0 Å². The molecule has 0 radical (unpaired) electrons. The molecule has 0 fully saturated rings. The molecule has 2 N–H and O–H groups in total. The van der Waals surface area contributed by atoms with Gasteiger partial charge < -0.3 is 10.4 Å². The second kappa shape index (κ2) is 9.33. The highest BCUT2D eigenvalue weighted by molar-refractivity contribution is 7.22. The van der Waals surface area contributed by atoms with E-state index in [4.69, 9.17) is 5.11 Å². The van der Waals surface area contributed by atoms with Crippen molar-refractivity contribution in [3.05, 3.63) is 83.7 Å². The monoisotopic (exact) mass is 473 g/mol. The molecule has 0 atom stereocenters. The summed E-state index contributed by atoms with van der Waals surface area (Å²) in [7, 11) is 0. The van der Waals surface area contributed by atoms with Crippen LogP contribution < -0.4 is 5.32 Å². The van der Waals surface area contributed by atoms with Crippen LogP contribution in [0.2, 0.25) is 0 Å². The molecule has 0 unspecified atom stereocenters. The van der Waals surface area contributed by atoms with Crippen LogP contribution in [0.15, 0.2) is 66.7 Å². The summed E-state index contributed by atoms with van der Waals surface area (Å²) in [6.07, 6.45) is -4.62. The predicted molar refractivity (Wildman–Crippen MR) is 122 cm³/mol. The van der Waals surface area contributed by atoms with Gasteiger partial charge in [-0.15, -0.1) is 11.3 Å². The Balaban J connectivity index is 1.70. The van der Waals surface area contributed by atoms with Crippen LogP contribution in [0.3, 0.4) is 0 Å². The number of thiophene rings is 1. The third-order valence-electron chi connectivity index (χ3n) is 5.21. The minimum atomic E-state index is -4.59. The lowest BCUT2D eigenvalue weighted by Gasteiger charge is -2.14. The number of carboxylic acid groups (broad SMARTS) is 1. The highest BCUT2D eigenvalue weighted by atomic mass is 32.1. The Morgan fingerprint density at radius 1 is 0.970 bits per heavy atom. The zero-order chi connectivity index (χ0) is 23.6. The molecular formula is C25H19F4NO2S. The number of benzene rings is 3. The van der Waals surface area contributed by atoms with Crippen molar-refractivity contribution < 1.29 is 27.5 Å². The molecule has 0 spiro atoms. The lowest BCUT2D eigenvalue weighted by molar-refractivity contribution is -0.137. The average molecular weight is 473 g/mol. The number of aliphatic carboxylic acids is 1. The summed E-state index contributed by atoms with van der Waals surface area (Å²) < 4.78 is 57.4. The third-order valence-corrected chi connectivity index (χ3v) is 6.40. The van der Waals surface area contributed by atoms with Crippen molar-refractivity contribution in [3.63, 3.8) is 0 Å². The topological polar surface area (TPSA) is 49.3 Å². The van der Waals surface area contributed by atoms with E-state index in [9.17, 15) is 18.0 Å². The first-order valence-corrected chi connectivity index (χ1v) is 11.0. The molecule has 0 saturated carbocycles. The number of hydrogen-bond acceptors (Lipinski definition) is 3. The van der Waals surface area contributed by atoms with Crippen LogP contribution in [0.5, 0.6) is 0 Å². The number of fused-ring (bicyclic) bond motifs is 1. The molecule has 1 heterocycles. The Kier molecular flexibility index (Phi) is 6.49. The molecule has 0 aliphatic heterocycles. The fourth-order valence-electron chi connectivity index (χ4n) is 3.63. The highest BCUT2D eigenvalue weighted by Crippen LogP contribution is 2.43. The van der Waals surface area contributed by atoms with E-state index in [1.165, 1.54) is 12.1 Å². The van der Waals surface area contributed by atoms with Crippen molar-refractivity contribution in [3.8, 4) is 21.6 Å². The summed E-state index contributed by atoms with van der Waals surface area (Å²) in [5.74, 6) is -1.48. The number of carbonyl (C=O) groups is 1. The second-order valence-corrected chi connectivity index (χ2v) is 8.57. The van der Waals surface area contributed by atoms with Crippen molar-refractivity contribution in [2.75, 3.05) is 6.54 Å². The molecule has 8 heteroatoms. The third kappa shape index (κ3) is 5.07. The van der Waals surface area contributed by atoms with Gasteiger partial charge in [-0.25, -0.2) is 4.39 Å². The summed E-state index contributed by atoms with van der Waals surface area (Å²) >= 11 is 1.10. The van der Waals surface area contributed by atoms with Crippen molar-refractivity contribution in [2.45, 2.75) is 19.1 Å². The van der Waals surface area contributed by atoms with E-state index in [1.54, 1.807) is 48.5 Å². The van der Waals surface area contributed by atoms with Crippen LogP contribution in [-0.2, 0) is 17.5 Å². The SMILES string of the molecule is O=C(O)CCNCc1ccc2sc(-c3ccc(-c4ccccc4)c(C(F)(F)F)c3)c(F)c2c1. The maximum Gasteiger partial charge on any atom is 0.417 e. The molecule has 0 saturated heterocycles. The first-order valence-electron chi connectivity index (χ1n) is 10.1. The standard InChI is InChI=1S/C25H19F4NO2S/c26-23-19-12-15(14-30-11-10-22(31)32)6-9-21(19)33-24(23)17-7-8-18(16-4-2-1-3-5-16)20(13-17)25(27,28)29/h1-9,12-13,30H,10-11,14H2,(H,31,32). The van der Waals surface area contributed by atoms with Crippen LogP contribution >= 0.6 is 11.3 Å². The summed E-state index contributed by atoms with van der Waals surface area (Å²) in [4.78, 5) is 10.7. The lowest BCUT2D eigenvalue weighted by atomic mass is 9.96. The quantitative estimate of drug-likeness (QED) is 0.225. The van der Waals surface area contributed by atoms with Crippen molar-refractivity contribution in [1.82, 2.24) is 5.32 Å². The molecular weight excluding hydrogens is 454 g/mol. The lowest BCUT2D eigenvalue weighted by Crippen LogP contribution is -2.17. The van der Waals surface area contributed by atoms with Gasteiger partial charge in [0.15, 0.2) is 0 Å². The van der Waals surface area contributed by atoms with Crippen LogP contribution in [0.1, 0.15) is 17.5 Å². The maximum atomic E-state index is 15.3. The van der Waals surface area contributed by atoms with Crippen LogP contribution in [0.25, 0.3) is 31.7 Å². The maximum absolute atomic E-state index is 15.3. The number of carboxylic acids is 1. The molecule has 4 rings (SSSR count). The van der Waals surface area contributed by atoms with E-state index in [2.05, 4.69) is 5.32 Å². The fraction of sp³-hybridized carbons (Fsp3) is 0.160. The number of rotatable bonds is 7. The fourth-order valence-corrected chi connectivity index (χ4v) is 4.69. The molecule has 3 nitrogen and oxygen atoms in total. The smallest absolute Gasteiger partial charge is 0.417 e. The predicted octanol–water partition coefficient (Wildman–Crippen LogP) is 6.96. The Morgan fingerprint density at radius 2 is 1.73 bits per heavy atom. The van der Waals surface area contributed by atoms with Gasteiger partial charge in [0.1, 0.15) is 5.82 Å². The Hall–Kier alpha value is -3.23. The number of alkyl halides is 3. The first kappa shape index (κ1) is 22.9. The molecule has 1 aromatic heterocycles. The zero-order valence-electron chi connectivity index (χ0n) is 17.2. The Morgan fingerprint density at radius 3 is 2.42 bits per heavy atom. The van der Waals surface area contributed by atoms with Gasteiger partial charge in [0, 0.05) is 23.2 Å². The van der Waals surface area contributed by atoms with E-state index in [0.717, 1.165) is 23.0 Å². The Labute approximate surface area is 191 Å². The summed E-state index contributed by atoms with van der Waals surface area (Å²) in [5, 5.41) is 12.0. The molecule has 0 aliphatic carbocycles. The van der Waals surface area contributed by atoms with Gasteiger partial charge in [0.25, 0.3) is 0 Å². The van der Waals surface area contributed by atoms with Gasteiger partial charge in [-0.3, -0.25) is 4.79 Å². The van der Waals surface area contributed by atoms with Gasteiger partial charge >= 0.3 is 12.1 Å². The van der Waals surface area contributed by atoms with Gasteiger partial charge in [-0.1, -0.05) is 48.5 Å². The van der Waals surface area contributed by atoms with Crippen molar-refractivity contribution in [1.29, 1.82) is 0 Å². The van der Waals surface area contributed by atoms with E-state index in [0.29, 0.717) is 22.2 Å². The van der Waals surface area contributed by atoms with E-state index in [-0.39, 0.29) is 29.0 Å². The summed E-state index contributed by atoms with van der Waals surface area (Å²) in [6, 6.07) is 17.3. The van der Waals surface area contributed by atoms with E-state index < -0.39 is 23.5 Å². The molecule has 170 valence electrons. The number of hydrogen-bond donors (Lipinski definition) is 2. The average Bonchev–Trinajstić information content (AvgIpc) is 3.12. The molecule has 0 bridgehead atoms. The van der Waals surface area contributed by atoms with Crippen LogP contribution in [0.4, 0.5) is 17.6 Å². The number of halogens is 4. The van der Waals surface area contributed by atoms with Crippen molar-refractivity contribution in [2.24, 2.45) is 0 Å². The molecule has 0 amide bonds. The van der Waals surface area contributed by atoms with Gasteiger partial charge in [0.2, 0.25) is 0 Å². The first-order chi connectivity index (χ1) is 15.7. The minimum absolute atomic E-state index is 0.0281. The van der Waals surface area contributed by atoms with Crippen molar-refractivity contribution >= 4 is 27.4 Å². The van der Waals surface area contributed by atoms with Crippen LogP contribution in [0, 0.1) is 5.82 Å². The van der Waals surface area contributed by atoms with E-state index >= 15 is 4.39 Å². The van der Waals surface area contributed by atoms with Gasteiger partial charge in [0.05, 0.1) is 16.9 Å². The highest BCUT2D eigenvalue weighted by Gasteiger charge is 2.34. The largest absolute Gasteiger partial charge is 0.481 e. The normalized spacial score (nSPS) is 11.8. The zero-order valence-corrected chi connectivity index (χ0v) is 18.1. The summed E-state index contributed by atoms with van der Waals surface area (Å²) in [6.45, 7) is 0.635. The molecule has 0 aliphatic rings. The number of nitrogens with one attached hydrogen (secondary N) is 1. The van der Waals surface area contributed by atoms with Gasteiger partial charge in [-0.05, 0) is 40.5 Å². The Bertz CT molecular complexity index is 1300.